The second-order valence-electron chi connectivity index (χ2n) is 16.1. The average Bonchev–Trinajstić information content (AvgIpc) is 3.82. The summed E-state index contributed by atoms with van der Waals surface area (Å²) in [5.41, 5.74) is -3.03. The van der Waals surface area contributed by atoms with Crippen molar-refractivity contribution in [1.82, 2.24) is 10.5 Å². The van der Waals surface area contributed by atoms with Crippen molar-refractivity contribution >= 4 is 0 Å². The van der Waals surface area contributed by atoms with Gasteiger partial charge in [-0.15, -0.1) is 0 Å². The predicted molar refractivity (Wildman–Crippen MR) is 185 cm³/mol. The quantitative estimate of drug-likeness (QED) is 0.122. The first-order valence-electron chi connectivity index (χ1n) is 19.3. The maximum atomic E-state index is 9.66. The first kappa shape index (κ1) is 49.3. The highest BCUT2D eigenvalue weighted by Crippen LogP contribution is 2.40. The largest absolute Gasteiger partial charge is 0.393 e. The summed E-state index contributed by atoms with van der Waals surface area (Å²) in [4.78, 5) is 9.96. The van der Waals surface area contributed by atoms with E-state index in [0.717, 1.165) is 0 Å². The van der Waals surface area contributed by atoms with Crippen LogP contribution in [-0.4, -0.2) is 282 Å². The molecule has 28 heteroatoms. The van der Waals surface area contributed by atoms with Gasteiger partial charge in [0.25, 0.3) is 0 Å². The van der Waals surface area contributed by atoms with Gasteiger partial charge in [0.15, 0.2) is 43.7 Å². The molecule has 10 aliphatic rings. The predicted octanol–water partition coefficient (Wildman–Crippen LogP) is -11.2. The monoisotopic (exact) mass is 898 g/mol. The lowest BCUT2D eigenvalue weighted by Gasteiger charge is -2.38. The number of nitrogens with zero attached hydrogens (tertiary/aromatic N) is 1. The number of hydrogen-bond acceptors (Lipinski definition) is 28. The Hall–Kier alpha value is -1.12. The Morgan fingerprint density at radius 3 is 1.44 bits per heavy atom. The van der Waals surface area contributed by atoms with Crippen molar-refractivity contribution in [3.63, 3.8) is 0 Å². The molecule has 0 amide bonds. The lowest BCUT2D eigenvalue weighted by molar-refractivity contribution is -0.259. The maximum Gasteiger partial charge on any atom is 0.186 e. The van der Waals surface area contributed by atoms with Gasteiger partial charge in [-0.2, -0.15) is 10.5 Å². The minimum atomic E-state index is -1.24. The first-order chi connectivity index (χ1) is 28.9. The van der Waals surface area contributed by atoms with Gasteiger partial charge in [0.2, 0.25) is 0 Å². The second-order valence-corrected chi connectivity index (χ2v) is 16.1. The Morgan fingerprint density at radius 2 is 0.918 bits per heavy atom. The number of aliphatic hydroxyl groups is 15. The second kappa shape index (κ2) is 19.4. The van der Waals surface area contributed by atoms with Crippen LogP contribution in [0.1, 0.15) is 6.42 Å². The van der Waals surface area contributed by atoms with E-state index in [-0.39, 0.29) is 59.5 Å². The van der Waals surface area contributed by atoms with Crippen LogP contribution in [0, 0.1) is 0 Å². The average molecular weight is 899 g/mol. The molecular formula is C33H58N2O26. The third kappa shape index (κ3) is 8.95. The summed E-state index contributed by atoms with van der Waals surface area (Å²) in [6, 6.07) is 0. The van der Waals surface area contributed by atoms with Crippen LogP contribution >= 0.6 is 0 Å². The van der Waals surface area contributed by atoms with Crippen molar-refractivity contribution in [3.05, 3.63) is 0 Å². The van der Waals surface area contributed by atoms with E-state index in [9.17, 15) is 46.0 Å². The molecule has 0 radical (unpaired) electrons. The fourth-order valence-corrected chi connectivity index (χ4v) is 8.40. The van der Waals surface area contributed by atoms with Crippen molar-refractivity contribution in [3.8, 4) is 0 Å². The van der Waals surface area contributed by atoms with Crippen molar-refractivity contribution in [2.75, 3.05) is 79.8 Å². The highest BCUT2D eigenvalue weighted by Gasteiger charge is 2.62. The van der Waals surface area contributed by atoms with Gasteiger partial charge in [-0.25, -0.2) is 0 Å². The molecule has 0 aromatic carbocycles. The molecule has 0 aromatic heterocycles. The van der Waals surface area contributed by atoms with E-state index in [2.05, 4.69) is 5.48 Å². The number of ether oxygens (including phenoxy) is 9. The number of hydroxylamine groups is 3. The van der Waals surface area contributed by atoms with E-state index < -0.39 is 127 Å². The van der Waals surface area contributed by atoms with Gasteiger partial charge in [-0.3, -0.25) is 9.68 Å². The molecule has 61 heavy (non-hydrogen) atoms. The number of aliphatic hydroxyl groups excluding tert-OH is 15. The number of nitrogens with one attached hydrogen (secondary N) is 1. The van der Waals surface area contributed by atoms with Gasteiger partial charge in [0, 0.05) is 13.5 Å². The Kier molecular flexibility index (Phi) is 15.7. The molecule has 20 atom stereocenters. The smallest absolute Gasteiger partial charge is 0.186 e. The molecule has 10 saturated heterocycles. The Labute approximate surface area is 346 Å². The van der Waals surface area contributed by atoms with Gasteiger partial charge in [-0.1, -0.05) is 0 Å². The lowest BCUT2D eigenvalue weighted by Crippen LogP contribution is -2.58. The third-order valence-corrected chi connectivity index (χ3v) is 12.2. The van der Waals surface area contributed by atoms with Crippen LogP contribution in [0.4, 0.5) is 0 Å². The Bertz CT molecular complexity index is 1380. The van der Waals surface area contributed by atoms with E-state index in [1.54, 1.807) is 7.05 Å². The van der Waals surface area contributed by atoms with E-state index in [4.69, 9.17) is 82.9 Å². The maximum absolute atomic E-state index is 9.66. The van der Waals surface area contributed by atoms with Gasteiger partial charge in [0.1, 0.15) is 83.6 Å². The Balaban J connectivity index is 0.000000128. The minimum absolute atomic E-state index is 0.0100. The first-order valence-corrected chi connectivity index (χ1v) is 19.3. The molecule has 0 spiro atoms. The molecule has 0 aliphatic carbocycles. The summed E-state index contributed by atoms with van der Waals surface area (Å²) in [5, 5.41) is 140. The summed E-state index contributed by atoms with van der Waals surface area (Å²) < 4.78 is 45.1. The zero-order valence-corrected chi connectivity index (χ0v) is 32.8. The summed E-state index contributed by atoms with van der Waals surface area (Å²) in [6.07, 6.45) is -14.1. The van der Waals surface area contributed by atoms with Crippen LogP contribution in [0.5, 0.6) is 0 Å². The van der Waals surface area contributed by atoms with E-state index in [0.29, 0.717) is 13.0 Å². The zero-order valence-electron chi connectivity index (χ0n) is 32.8. The molecule has 0 saturated carbocycles. The summed E-state index contributed by atoms with van der Waals surface area (Å²) in [5.74, 6) is 0. The van der Waals surface area contributed by atoms with Gasteiger partial charge in [0.05, 0.1) is 65.9 Å². The van der Waals surface area contributed by atoms with Crippen molar-refractivity contribution in [1.29, 1.82) is 0 Å². The summed E-state index contributed by atoms with van der Waals surface area (Å²) in [6.45, 7) is -0.768. The molecule has 10 fully saturated rings. The molecule has 16 N–H and O–H groups in total. The van der Waals surface area contributed by atoms with Gasteiger partial charge < -0.3 is 119 Å². The fraction of sp³-hybridized carbons (Fsp3) is 1.00. The van der Waals surface area contributed by atoms with Crippen LogP contribution in [-0.2, 0) is 52.3 Å². The van der Waals surface area contributed by atoms with Gasteiger partial charge in [-0.05, 0) is 0 Å². The Morgan fingerprint density at radius 1 is 0.492 bits per heavy atom. The van der Waals surface area contributed by atoms with Gasteiger partial charge >= 0.3 is 0 Å². The summed E-state index contributed by atoms with van der Waals surface area (Å²) in [7, 11) is 1.66. The third-order valence-electron chi connectivity index (χ3n) is 12.2. The zero-order chi connectivity index (χ0) is 44.7. The highest BCUT2D eigenvalue weighted by atomic mass is 16.8. The number of fused-ring (bicyclic) bond motifs is 10. The molecule has 10 rings (SSSR count). The molecule has 28 nitrogen and oxygen atoms in total. The number of rotatable bonds is 5. The SMILES string of the molecule is CN1C[C@]2(CO)O[C@@H](O)C(O1)[C@H]2O.OC[C@@]12CCOC([C@H](O)O1)[C@H]2O.OC[C@@]12CNOC([C@H](O)O1)[C@H]2O.OC[C@@]12COC([C@H](O)O1)[C@H]2O.OC[C@@]12COCOC([C@H](O)O1)[C@H]2O. The van der Waals surface area contributed by atoms with Crippen molar-refractivity contribution in [2.45, 2.75) is 127 Å². The standard InChI is InChI=1S/C7H13NO5.C7H12O6.C7H12O5.C6H11NO5.C6H10O5/c1-8-2-7(3-9)5(10)4(13-8)6(11)12-7;8-1-7-2-11-3-12-4(5(7)9)6(10)13-7;8-3-7-1-2-11-4(5(7)9)6(10)12-7;8-2-6-1-7-12-3(4(6)9)5(10)11-6;7-1-6-2-10-3(4(6)8)5(9)11-6/h4-6,9-11H,2-3H2,1H3;4-6,8-10H,1-3H2;4-6,8-10H,1-3H2;3-5,7-10H,1-2H2;3-5,7-9H,1-2H2/t4?,5-,6-,7-;4?,5-,6-,7+;4?,5-,6-,7-;3?,4-,5-,6-;3?,4-,5-,6+/m11111/s1. The molecule has 0 aromatic rings. The van der Waals surface area contributed by atoms with Crippen molar-refractivity contribution < 1.29 is 129 Å². The van der Waals surface area contributed by atoms with E-state index in [1.807, 2.05) is 0 Å². The molecule has 10 aliphatic heterocycles. The van der Waals surface area contributed by atoms with Crippen LogP contribution < -0.4 is 5.48 Å². The van der Waals surface area contributed by atoms with Crippen molar-refractivity contribution in [2.24, 2.45) is 0 Å². The number of hydrogen-bond donors (Lipinski definition) is 16. The molecule has 5 unspecified atom stereocenters. The topological polar surface area (TPSA) is 420 Å². The van der Waals surface area contributed by atoms with E-state index in [1.165, 1.54) is 5.06 Å². The van der Waals surface area contributed by atoms with Crippen LogP contribution in [0.25, 0.3) is 0 Å². The highest BCUT2D eigenvalue weighted by molar-refractivity contribution is 5.06. The molecule has 356 valence electrons. The van der Waals surface area contributed by atoms with E-state index >= 15 is 0 Å². The summed E-state index contributed by atoms with van der Waals surface area (Å²) >= 11 is 0. The lowest BCUT2D eigenvalue weighted by atomic mass is 9.91. The molecule has 10 bridgehead atoms. The normalized spacial score (nSPS) is 52.4. The molecule has 10 heterocycles. The van der Waals surface area contributed by atoms with Crippen LogP contribution in [0.2, 0.25) is 0 Å². The molecular weight excluding hydrogens is 840 g/mol. The fourth-order valence-electron chi connectivity index (χ4n) is 8.40. The van der Waals surface area contributed by atoms with Crippen LogP contribution in [0.15, 0.2) is 0 Å². The minimum Gasteiger partial charge on any atom is -0.393 e. The number of likely N-dealkylation sites (N-methyl/N-ethyl adjacent to an activating group) is 1. The van der Waals surface area contributed by atoms with Crippen LogP contribution in [0.3, 0.4) is 0 Å².